The molecule has 5 nitrogen and oxygen atoms in total. The monoisotopic (exact) mass is 311 g/mol. The number of hydrogen-bond donors (Lipinski definition) is 2. The second-order valence-electron chi connectivity index (χ2n) is 5.51. The normalized spacial score (nSPS) is 13.4. The first-order valence-corrected chi connectivity index (χ1v) is 7.18. The Hall–Kier alpha value is -1.59. The molecule has 2 amide bonds. The Morgan fingerprint density at radius 2 is 2.00 bits per heavy atom. The Bertz CT molecular complexity index is 542. The quantitative estimate of drug-likeness (QED) is 0.877. The van der Waals surface area contributed by atoms with Crippen LogP contribution in [0.4, 0.5) is 5.69 Å². The smallest absolute Gasteiger partial charge is 0.255 e. The first-order chi connectivity index (χ1) is 9.69. The second-order valence-corrected chi connectivity index (χ2v) is 5.95. The highest BCUT2D eigenvalue weighted by Gasteiger charge is 2.28. The van der Waals surface area contributed by atoms with Crippen molar-refractivity contribution >= 4 is 29.1 Å². The molecule has 1 aromatic carbocycles. The fourth-order valence-corrected chi connectivity index (χ4v) is 2.12. The molecule has 21 heavy (non-hydrogen) atoms. The summed E-state index contributed by atoms with van der Waals surface area (Å²) in [6.45, 7) is 3.63. The van der Waals surface area contributed by atoms with Crippen molar-refractivity contribution in [1.29, 1.82) is 0 Å². The Balaban J connectivity index is 3.10. The lowest BCUT2D eigenvalue weighted by atomic mass is 9.96. The van der Waals surface area contributed by atoms with Gasteiger partial charge in [0.2, 0.25) is 5.91 Å². The van der Waals surface area contributed by atoms with Crippen LogP contribution in [0.2, 0.25) is 5.02 Å². The lowest BCUT2D eigenvalue weighted by Crippen LogP contribution is -2.48. The number of nitrogens with zero attached hydrogens (tertiary/aromatic N) is 1. The molecule has 1 aromatic rings. The number of anilines is 1. The molecule has 0 spiro atoms. The van der Waals surface area contributed by atoms with E-state index in [4.69, 9.17) is 17.3 Å². The zero-order valence-electron chi connectivity index (χ0n) is 12.9. The summed E-state index contributed by atoms with van der Waals surface area (Å²) in [6, 6.07) is 4.76. The van der Waals surface area contributed by atoms with Gasteiger partial charge in [0.25, 0.3) is 5.91 Å². The summed E-state index contributed by atoms with van der Waals surface area (Å²) in [5, 5.41) is 3.16. The van der Waals surface area contributed by atoms with Crippen molar-refractivity contribution in [2.75, 3.05) is 19.4 Å². The maximum atomic E-state index is 12.3. The van der Waals surface area contributed by atoms with E-state index in [1.807, 2.05) is 6.92 Å². The molecule has 6 heteroatoms. The van der Waals surface area contributed by atoms with E-state index < -0.39 is 5.54 Å². The van der Waals surface area contributed by atoms with Crippen LogP contribution in [-0.2, 0) is 4.79 Å². The number of hydrogen-bond acceptors (Lipinski definition) is 3. The van der Waals surface area contributed by atoms with Gasteiger partial charge in [-0.3, -0.25) is 9.59 Å². The van der Waals surface area contributed by atoms with Crippen molar-refractivity contribution in [3.8, 4) is 0 Å². The molecule has 3 N–H and O–H groups in total. The van der Waals surface area contributed by atoms with Gasteiger partial charge in [0.1, 0.15) is 0 Å². The third-order valence-electron chi connectivity index (χ3n) is 3.15. The Labute approximate surface area is 130 Å². The summed E-state index contributed by atoms with van der Waals surface area (Å²) in [7, 11) is 3.29. The van der Waals surface area contributed by atoms with Gasteiger partial charge in [0, 0.05) is 19.1 Å². The molecule has 0 aliphatic rings. The van der Waals surface area contributed by atoms with Crippen LogP contribution in [0.1, 0.15) is 37.0 Å². The van der Waals surface area contributed by atoms with Gasteiger partial charge in [-0.25, -0.2) is 0 Å². The molecule has 0 aliphatic carbocycles. The molecule has 0 heterocycles. The largest absolute Gasteiger partial charge is 0.345 e. The van der Waals surface area contributed by atoms with Crippen LogP contribution in [0.25, 0.3) is 0 Å². The molecule has 0 aliphatic heterocycles. The first kappa shape index (κ1) is 17.5. The van der Waals surface area contributed by atoms with Crippen molar-refractivity contribution in [3.63, 3.8) is 0 Å². The number of carbonyl (C=O) groups excluding carboxylic acids is 2. The van der Waals surface area contributed by atoms with Gasteiger partial charge < -0.3 is 16.0 Å². The van der Waals surface area contributed by atoms with Gasteiger partial charge in [-0.15, -0.1) is 0 Å². The van der Waals surface area contributed by atoms with Gasteiger partial charge in [-0.1, -0.05) is 24.9 Å². The van der Waals surface area contributed by atoms with E-state index in [2.05, 4.69) is 5.32 Å². The Kier molecular flexibility index (Phi) is 5.75. The molecule has 1 rings (SSSR count). The molecule has 0 fully saturated rings. The van der Waals surface area contributed by atoms with Crippen LogP contribution < -0.4 is 11.1 Å². The summed E-state index contributed by atoms with van der Waals surface area (Å²) in [5.74, 6) is -0.546. The average molecular weight is 312 g/mol. The third kappa shape index (κ3) is 4.44. The Morgan fingerprint density at radius 1 is 1.38 bits per heavy atom. The van der Waals surface area contributed by atoms with E-state index in [1.165, 1.54) is 4.90 Å². The van der Waals surface area contributed by atoms with E-state index in [0.29, 0.717) is 22.7 Å². The maximum absolute atomic E-state index is 12.3. The van der Waals surface area contributed by atoms with Gasteiger partial charge in [0.15, 0.2) is 0 Å². The zero-order chi connectivity index (χ0) is 16.2. The third-order valence-corrected chi connectivity index (χ3v) is 3.39. The van der Waals surface area contributed by atoms with E-state index in [9.17, 15) is 9.59 Å². The molecular formula is C15H22ClN3O2. The summed E-state index contributed by atoms with van der Waals surface area (Å²) in [4.78, 5) is 25.8. The average Bonchev–Trinajstić information content (AvgIpc) is 2.37. The van der Waals surface area contributed by atoms with Crippen LogP contribution in [0.3, 0.4) is 0 Å². The van der Waals surface area contributed by atoms with E-state index in [-0.39, 0.29) is 11.8 Å². The highest BCUT2D eigenvalue weighted by molar-refractivity contribution is 6.31. The van der Waals surface area contributed by atoms with Gasteiger partial charge >= 0.3 is 0 Å². The summed E-state index contributed by atoms with van der Waals surface area (Å²) in [5.41, 5.74) is 5.77. The molecule has 0 radical (unpaired) electrons. The molecule has 0 bridgehead atoms. The van der Waals surface area contributed by atoms with Crippen molar-refractivity contribution in [2.24, 2.45) is 5.73 Å². The lowest BCUT2D eigenvalue weighted by Gasteiger charge is -2.24. The molecule has 0 saturated heterocycles. The van der Waals surface area contributed by atoms with E-state index in [1.54, 1.807) is 39.2 Å². The number of rotatable bonds is 5. The van der Waals surface area contributed by atoms with Crippen molar-refractivity contribution in [2.45, 2.75) is 32.2 Å². The summed E-state index contributed by atoms with van der Waals surface area (Å²) < 4.78 is 0. The Morgan fingerprint density at radius 3 is 2.52 bits per heavy atom. The predicted octanol–water partition coefficient (Wildman–Crippen LogP) is 2.50. The van der Waals surface area contributed by atoms with Crippen molar-refractivity contribution in [1.82, 2.24) is 4.90 Å². The topological polar surface area (TPSA) is 75.4 Å². The molecule has 0 aromatic heterocycles. The molecular weight excluding hydrogens is 290 g/mol. The SMILES string of the molecule is CCCC(C)(N)C(=O)Nc1cc(Cl)ccc1C(=O)N(C)C. The number of carbonyl (C=O) groups is 2. The van der Waals surface area contributed by atoms with Crippen molar-refractivity contribution < 1.29 is 9.59 Å². The van der Waals surface area contributed by atoms with Crippen LogP contribution in [-0.4, -0.2) is 36.3 Å². The first-order valence-electron chi connectivity index (χ1n) is 6.80. The number of nitrogens with two attached hydrogens (primary N) is 1. The van der Waals surface area contributed by atoms with E-state index in [0.717, 1.165) is 6.42 Å². The van der Waals surface area contributed by atoms with Gasteiger partial charge in [-0.2, -0.15) is 0 Å². The summed E-state index contributed by atoms with van der Waals surface area (Å²) >= 11 is 5.95. The van der Waals surface area contributed by atoms with Crippen LogP contribution >= 0.6 is 11.6 Å². The highest BCUT2D eigenvalue weighted by Crippen LogP contribution is 2.23. The minimum absolute atomic E-state index is 0.212. The van der Waals surface area contributed by atoms with E-state index >= 15 is 0 Å². The zero-order valence-corrected chi connectivity index (χ0v) is 13.6. The molecule has 0 saturated carbocycles. The lowest BCUT2D eigenvalue weighted by molar-refractivity contribution is -0.120. The predicted molar refractivity (Wildman–Crippen MR) is 85.6 cm³/mol. The molecule has 116 valence electrons. The molecule has 1 unspecified atom stereocenters. The van der Waals surface area contributed by atoms with Crippen LogP contribution in [0.5, 0.6) is 0 Å². The minimum Gasteiger partial charge on any atom is -0.345 e. The number of nitrogens with one attached hydrogen (secondary N) is 1. The number of halogens is 1. The number of amides is 2. The minimum atomic E-state index is -0.991. The second kappa shape index (κ2) is 6.91. The van der Waals surface area contributed by atoms with Crippen molar-refractivity contribution in [3.05, 3.63) is 28.8 Å². The van der Waals surface area contributed by atoms with Gasteiger partial charge in [0.05, 0.1) is 16.8 Å². The fraction of sp³-hybridized carbons (Fsp3) is 0.467. The molecule has 1 atom stereocenters. The highest BCUT2D eigenvalue weighted by atomic mass is 35.5. The maximum Gasteiger partial charge on any atom is 0.255 e. The fourth-order valence-electron chi connectivity index (χ4n) is 1.95. The summed E-state index contributed by atoms with van der Waals surface area (Å²) in [6.07, 6.45) is 1.34. The van der Waals surface area contributed by atoms with Crippen LogP contribution in [0, 0.1) is 0 Å². The van der Waals surface area contributed by atoms with Gasteiger partial charge in [-0.05, 0) is 31.5 Å². The number of benzene rings is 1. The van der Waals surface area contributed by atoms with Crippen LogP contribution in [0.15, 0.2) is 18.2 Å². The standard InChI is InChI=1S/C15H22ClN3O2/c1-5-8-15(2,17)14(21)18-12-9-10(16)6-7-11(12)13(20)19(3)4/h6-7,9H,5,8,17H2,1-4H3,(H,18,21).